The van der Waals surface area contributed by atoms with Gasteiger partial charge in [-0.25, -0.2) is 0 Å². The van der Waals surface area contributed by atoms with E-state index in [1.807, 2.05) is 6.92 Å². The maximum Gasteiger partial charge on any atom is 0.0973 e. The molecule has 0 aromatic heterocycles. The predicted molar refractivity (Wildman–Crippen MR) is 25.1 cm³/mol. The minimum atomic E-state index is 0.367. The van der Waals surface area contributed by atoms with E-state index in [2.05, 4.69) is 0 Å². The predicted octanol–water partition coefficient (Wildman–Crippen LogP) is 1.01. The fraction of sp³-hybridized carbons (Fsp3) is 1.00. The van der Waals surface area contributed by atoms with Gasteiger partial charge >= 0.3 is 0 Å². The van der Waals surface area contributed by atoms with Crippen LogP contribution in [0.2, 0.25) is 0 Å². The zero-order chi connectivity index (χ0) is 4.57. The standard InChI is InChI=1S/C4H7ClO/c1-3-4(2-5)6-3/h3-4H,2H2,1H3/t3-,4+/m0/s1. The van der Waals surface area contributed by atoms with Crippen molar-refractivity contribution in [2.75, 3.05) is 5.88 Å². The van der Waals surface area contributed by atoms with E-state index in [4.69, 9.17) is 16.3 Å². The molecule has 6 heavy (non-hydrogen) atoms. The summed E-state index contributed by atoms with van der Waals surface area (Å²) in [6.45, 7) is 2.02. The molecule has 0 aromatic carbocycles. The highest BCUT2D eigenvalue weighted by molar-refractivity contribution is 6.18. The lowest BCUT2D eigenvalue weighted by Gasteiger charge is -1.70. The summed E-state index contributed by atoms with van der Waals surface area (Å²) >= 11 is 5.37. The molecular formula is C4H7ClO. The average molecular weight is 107 g/mol. The van der Waals surface area contributed by atoms with Crippen molar-refractivity contribution in [2.45, 2.75) is 19.1 Å². The van der Waals surface area contributed by atoms with Gasteiger partial charge in [0, 0.05) is 0 Å². The maximum atomic E-state index is 5.37. The second-order valence-electron chi connectivity index (χ2n) is 1.53. The lowest BCUT2D eigenvalue weighted by Crippen LogP contribution is -1.87. The molecule has 0 amide bonds. The van der Waals surface area contributed by atoms with Gasteiger partial charge in [-0.05, 0) is 6.92 Å². The molecule has 0 spiro atoms. The Hall–Kier alpha value is 0.250. The van der Waals surface area contributed by atoms with Gasteiger partial charge in [-0.1, -0.05) is 0 Å². The van der Waals surface area contributed by atoms with Gasteiger partial charge in [0.2, 0.25) is 0 Å². The summed E-state index contributed by atoms with van der Waals surface area (Å²) in [4.78, 5) is 0. The first-order valence-corrected chi connectivity index (χ1v) is 2.59. The number of epoxide rings is 1. The molecule has 0 saturated carbocycles. The van der Waals surface area contributed by atoms with Crippen molar-refractivity contribution in [1.82, 2.24) is 0 Å². The fourth-order valence-electron chi connectivity index (χ4n) is 0.392. The minimum Gasteiger partial charge on any atom is -0.369 e. The molecule has 0 bridgehead atoms. The van der Waals surface area contributed by atoms with Crippen molar-refractivity contribution < 1.29 is 4.74 Å². The zero-order valence-corrected chi connectivity index (χ0v) is 4.40. The first-order valence-electron chi connectivity index (χ1n) is 2.06. The second-order valence-corrected chi connectivity index (χ2v) is 1.84. The molecule has 2 heteroatoms. The van der Waals surface area contributed by atoms with E-state index in [1.165, 1.54) is 0 Å². The summed E-state index contributed by atoms with van der Waals surface area (Å²) in [5.74, 6) is 0.654. The molecule has 1 fully saturated rings. The lowest BCUT2D eigenvalue weighted by molar-refractivity contribution is 0.390. The van der Waals surface area contributed by atoms with Gasteiger partial charge in [0.25, 0.3) is 0 Å². The first-order chi connectivity index (χ1) is 2.84. The highest BCUT2D eigenvalue weighted by Gasteiger charge is 2.32. The van der Waals surface area contributed by atoms with Crippen molar-refractivity contribution in [1.29, 1.82) is 0 Å². The topological polar surface area (TPSA) is 12.5 Å². The van der Waals surface area contributed by atoms with E-state index in [0.29, 0.717) is 18.1 Å². The normalized spacial score (nSPS) is 43.0. The third-order valence-electron chi connectivity index (χ3n) is 0.988. The molecule has 1 aliphatic rings. The third kappa shape index (κ3) is 0.660. The maximum absolute atomic E-state index is 5.37. The summed E-state index contributed by atoms with van der Waals surface area (Å²) in [5.41, 5.74) is 0. The molecule has 0 radical (unpaired) electrons. The summed E-state index contributed by atoms with van der Waals surface area (Å²) in [5, 5.41) is 0. The molecule has 0 aromatic rings. The van der Waals surface area contributed by atoms with Gasteiger partial charge in [0.15, 0.2) is 0 Å². The Morgan fingerprint density at radius 1 is 1.83 bits per heavy atom. The van der Waals surface area contributed by atoms with Crippen LogP contribution in [0.3, 0.4) is 0 Å². The number of alkyl halides is 1. The van der Waals surface area contributed by atoms with Crippen LogP contribution in [0.4, 0.5) is 0 Å². The van der Waals surface area contributed by atoms with Crippen LogP contribution >= 0.6 is 11.6 Å². The summed E-state index contributed by atoms with van der Waals surface area (Å²) < 4.78 is 4.93. The zero-order valence-electron chi connectivity index (χ0n) is 3.65. The number of rotatable bonds is 1. The minimum absolute atomic E-state index is 0.367. The van der Waals surface area contributed by atoms with Crippen LogP contribution in [0, 0.1) is 0 Å². The number of hydrogen-bond donors (Lipinski definition) is 0. The highest BCUT2D eigenvalue weighted by Crippen LogP contribution is 2.21. The van der Waals surface area contributed by atoms with Gasteiger partial charge in [-0.15, -0.1) is 11.6 Å². The van der Waals surface area contributed by atoms with Crippen molar-refractivity contribution in [2.24, 2.45) is 0 Å². The summed E-state index contributed by atoms with van der Waals surface area (Å²) in [6, 6.07) is 0. The van der Waals surface area contributed by atoms with Crippen molar-refractivity contribution in [3.8, 4) is 0 Å². The van der Waals surface area contributed by atoms with Gasteiger partial charge in [0.1, 0.15) is 0 Å². The van der Waals surface area contributed by atoms with Crippen LogP contribution in [0.1, 0.15) is 6.92 Å². The molecule has 1 nitrogen and oxygen atoms in total. The van der Waals surface area contributed by atoms with Crippen molar-refractivity contribution >= 4 is 11.6 Å². The van der Waals surface area contributed by atoms with Gasteiger partial charge in [0.05, 0.1) is 18.1 Å². The van der Waals surface area contributed by atoms with E-state index < -0.39 is 0 Å². The van der Waals surface area contributed by atoms with Crippen molar-refractivity contribution in [3.05, 3.63) is 0 Å². The summed E-state index contributed by atoms with van der Waals surface area (Å²) in [7, 11) is 0. The highest BCUT2D eigenvalue weighted by atomic mass is 35.5. The van der Waals surface area contributed by atoms with Crippen LogP contribution in [0.15, 0.2) is 0 Å². The molecular weight excluding hydrogens is 99.5 g/mol. The van der Waals surface area contributed by atoms with Crippen molar-refractivity contribution in [3.63, 3.8) is 0 Å². The largest absolute Gasteiger partial charge is 0.369 e. The molecule has 1 saturated heterocycles. The Morgan fingerprint density at radius 3 is 2.33 bits per heavy atom. The van der Waals surface area contributed by atoms with Crippen LogP contribution < -0.4 is 0 Å². The molecule has 1 rings (SSSR count). The van der Waals surface area contributed by atoms with Crippen LogP contribution in [-0.4, -0.2) is 18.1 Å². The smallest absolute Gasteiger partial charge is 0.0973 e. The van der Waals surface area contributed by atoms with Crippen LogP contribution in [0.5, 0.6) is 0 Å². The van der Waals surface area contributed by atoms with Crippen LogP contribution in [0.25, 0.3) is 0 Å². The van der Waals surface area contributed by atoms with Gasteiger partial charge in [-0.3, -0.25) is 0 Å². The van der Waals surface area contributed by atoms with Gasteiger partial charge in [-0.2, -0.15) is 0 Å². The SMILES string of the molecule is C[C@@H]1O[C@@H]1CCl. The molecule has 0 aliphatic carbocycles. The number of hydrogen-bond acceptors (Lipinski definition) is 1. The fourth-order valence-corrected chi connectivity index (χ4v) is 0.716. The molecule has 2 atom stereocenters. The van der Waals surface area contributed by atoms with E-state index in [0.717, 1.165) is 0 Å². The Kier molecular flexibility index (Phi) is 1.02. The monoisotopic (exact) mass is 106 g/mol. The van der Waals surface area contributed by atoms with E-state index in [-0.39, 0.29) is 0 Å². The Morgan fingerprint density at radius 2 is 2.33 bits per heavy atom. The second kappa shape index (κ2) is 1.39. The first kappa shape index (κ1) is 4.41. The number of ether oxygens (including phenoxy) is 1. The van der Waals surface area contributed by atoms with E-state index in [1.54, 1.807) is 0 Å². The Labute approximate surface area is 42.2 Å². The van der Waals surface area contributed by atoms with Crippen LogP contribution in [-0.2, 0) is 4.74 Å². The van der Waals surface area contributed by atoms with E-state index in [9.17, 15) is 0 Å². The third-order valence-corrected chi connectivity index (χ3v) is 1.29. The lowest BCUT2D eigenvalue weighted by atomic mass is 10.4. The molecule has 1 aliphatic heterocycles. The molecule has 36 valence electrons. The molecule has 0 N–H and O–H groups in total. The average Bonchev–Trinajstić information content (AvgIpc) is 2.19. The molecule has 1 heterocycles. The molecule has 0 unspecified atom stereocenters. The van der Waals surface area contributed by atoms with E-state index >= 15 is 0 Å². The number of halogens is 1. The van der Waals surface area contributed by atoms with Gasteiger partial charge < -0.3 is 4.74 Å². The quantitative estimate of drug-likeness (QED) is 0.359. The Balaban J connectivity index is 2.09. The summed E-state index contributed by atoms with van der Waals surface area (Å²) in [6.07, 6.45) is 0.800. The Bertz CT molecular complexity index is 53.5.